The highest BCUT2D eigenvalue weighted by atomic mass is 16.5. The second kappa shape index (κ2) is 7.79. The van der Waals surface area contributed by atoms with Crippen LogP contribution >= 0.6 is 0 Å². The normalized spacial score (nSPS) is 15.9. The molecule has 0 bridgehead atoms. The lowest BCUT2D eigenvalue weighted by molar-refractivity contribution is 0.0993. The Labute approximate surface area is 133 Å². The van der Waals surface area contributed by atoms with Crippen molar-refractivity contribution in [3.8, 4) is 5.75 Å². The summed E-state index contributed by atoms with van der Waals surface area (Å²) >= 11 is 0. The van der Waals surface area contributed by atoms with Crippen molar-refractivity contribution in [1.29, 1.82) is 0 Å². The van der Waals surface area contributed by atoms with E-state index in [1.54, 1.807) is 0 Å². The first-order valence-electron chi connectivity index (χ1n) is 8.08. The number of rotatable bonds is 3. The Balaban J connectivity index is 0.000000847. The van der Waals surface area contributed by atoms with Crippen molar-refractivity contribution in [3.05, 3.63) is 65.2 Å². The van der Waals surface area contributed by atoms with Crippen molar-refractivity contribution >= 4 is 5.78 Å². The van der Waals surface area contributed by atoms with Gasteiger partial charge in [0.15, 0.2) is 5.78 Å². The predicted molar refractivity (Wildman–Crippen MR) is 90.8 cm³/mol. The molecule has 0 spiro atoms. The van der Waals surface area contributed by atoms with Gasteiger partial charge in [0.1, 0.15) is 5.75 Å². The molecule has 0 saturated heterocycles. The highest BCUT2D eigenvalue weighted by Crippen LogP contribution is 2.34. The molecule has 0 amide bonds. The SMILES string of the molecule is CC.CC1CCOc2ccc(CC(=O)c3ccccc3)cc21. The summed E-state index contributed by atoms with van der Waals surface area (Å²) in [7, 11) is 0. The third-order valence-corrected chi connectivity index (χ3v) is 3.87. The van der Waals surface area contributed by atoms with Gasteiger partial charge in [0.2, 0.25) is 0 Å². The molecule has 2 heteroatoms. The highest BCUT2D eigenvalue weighted by Gasteiger charge is 2.18. The first-order chi connectivity index (χ1) is 10.7. The maximum Gasteiger partial charge on any atom is 0.167 e. The fourth-order valence-corrected chi connectivity index (χ4v) is 2.64. The molecular formula is C20H24O2. The number of ketones is 1. The molecule has 0 radical (unpaired) electrons. The number of hydrogen-bond acceptors (Lipinski definition) is 2. The second-order valence-corrected chi connectivity index (χ2v) is 5.38. The van der Waals surface area contributed by atoms with Crippen LogP contribution < -0.4 is 4.74 Å². The summed E-state index contributed by atoms with van der Waals surface area (Å²) in [6.07, 6.45) is 1.49. The van der Waals surface area contributed by atoms with Crippen molar-refractivity contribution in [2.24, 2.45) is 0 Å². The lowest BCUT2D eigenvalue weighted by Gasteiger charge is -2.23. The van der Waals surface area contributed by atoms with Gasteiger partial charge in [-0.25, -0.2) is 0 Å². The molecule has 0 saturated carbocycles. The van der Waals surface area contributed by atoms with Crippen LogP contribution in [0.25, 0.3) is 0 Å². The fourth-order valence-electron chi connectivity index (χ4n) is 2.64. The van der Waals surface area contributed by atoms with E-state index >= 15 is 0 Å². The van der Waals surface area contributed by atoms with E-state index < -0.39 is 0 Å². The highest BCUT2D eigenvalue weighted by molar-refractivity contribution is 5.97. The molecule has 1 unspecified atom stereocenters. The Bertz CT molecular complexity index is 617. The minimum absolute atomic E-state index is 0.162. The molecule has 116 valence electrons. The third-order valence-electron chi connectivity index (χ3n) is 3.87. The van der Waals surface area contributed by atoms with Gasteiger partial charge < -0.3 is 4.74 Å². The first kappa shape index (κ1) is 16.3. The van der Waals surface area contributed by atoms with Crippen molar-refractivity contribution in [3.63, 3.8) is 0 Å². The number of hydrogen-bond donors (Lipinski definition) is 0. The summed E-state index contributed by atoms with van der Waals surface area (Å²) in [6, 6.07) is 15.6. The number of Topliss-reactive ketones (excluding diaryl/α,β-unsaturated/α-hetero) is 1. The summed E-state index contributed by atoms with van der Waals surface area (Å²) in [6.45, 7) is 7.00. The molecule has 1 atom stereocenters. The monoisotopic (exact) mass is 296 g/mol. The van der Waals surface area contributed by atoms with Crippen molar-refractivity contribution in [2.45, 2.75) is 39.5 Å². The summed E-state index contributed by atoms with van der Waals surface area (Å²) in [5.74, 6) is 1.64. The van der Waals surface area contributed by atoms with Gasteiger partial charge in [0.05, 0.1) is 6.61 Å². The fraction of sp³-hybridized carbons (Fsp3) is 0.350. The van der Waals surface area contributed by atoms with E-state index in [0.717, 1.165) is 29.9 Å². The lowest BCUT2D eigenvalue weighted by atomic mass is 9.92. The van der Waals surface area contributed by atoms with Gasteiger partial charge >= 0.3 is 0 Å². The van der Waals surface area contributed by atoms with Crippen LogP contribution in [0.15, 0.2) is 48.5 Å². The summed E-state index contributed by atoms with van der Waals surface area (Å²) in [5, 5.41) is 0. The van der Waals surface area contributed by atoms with Crippen molar-refractivity contribution < 1.29 is 9.53 Å². The zero-order valence-electron chi connectivity index (χ0n) is 13.6. The molecule has 22 heavy (non-hydrogen) atoms. The average molecular weight is 296 g/mol. The van der Waals surface area contributed by atoms with E-state index in [4.69, 9.17) is 4.74 Å². The Kier molecular flexibility index (Phi) is 5.76. The maximum atomic E-state index is 12.2. The Morgan fingerprint density at radius 3 is 2.59 bits per heavy atom. The van der Waals surface area contributed by atoms with E-state index in [0.29, 0.717) is 12.3 Å². The molecule has 0 N–H and O–H groups in total. The molecule has 1 aliphatic rings. The van der Waals surface area contributed by atoms with Crippen LogP contribution in [0, 0.1) is 0 Å². The molecule has 0 aromatic heterocycles. The van der Waals surface area contributed by atoms with E-state index in [1.165, 1.54) is 5.56 Å². The van der Waals surface area contributed by atoms with Crippen LogP contribution in [0.2, 0.25) is 0 Å². The van der Waals surface area contributed by atoms with Crippen LogP contribution in [0.4, 0.5) is 0 Å². The summed E-state index contributed by atoms with van der Waals surface area (Å²) in [5.41, 5.74) is 3.07. The van der Waals surface area contributed by atoms with Crippen molar-refractivity contribution in [1.82, 2.24) is 0 Å². The van der Waals surface area contributed by atoms with Gasteiger partial charge in [-0.15, -0.1) is 0 Å². The van der Waals surface area contributed by atoms with E-state index in [2.05, 4.69) is 13.0 Å². The minimum atomic E-state index is 0.162. The van der Waals surface area contributed by atoms with Gasteiger partial charge in [-0.2, -0.15) is 0 Å². The molecule has 1 aliphatic heterocycles. The van der Waals surface area contributed by atoms with Crippen LogP contribution in [0.5, 0.6) is 5.75 Å². The molecule has 0 fully saturated rings. The standard InChI is InChI=1S/C18H18O2.C2H6/c1-13-9-10-20-18-8-7-14(11-16(13)18)12-17(19)15-5-3-2-4-6-15;1-2/h2-8,11,13H,9-10,12H2,1H3;1-2H3. The smallest absolute Gasteiger partial charge is 0.167 e. The van der Waals surface area contributed by atoms with E-state index in [1.807, 2.05) is 56.3 Å². The van der Waals surface area contributed by atoms with Gasteiger partial charge in [-0.3, -0.25) is 4.79 Å². The molecule has 1 heterocycles. The summed E-state index contributed by atoms with van der Waals surface area (Å²) in [4.78, 5) is 12.2. The quantitative estimate of drug-likeness (QED) is 0.743. The Hall–Kier alpha value is -2.09. The zero-order chi connectivity index (χ0) is 15.9. The first-order valence-corrected chi connectivity index (χ1v) is 8.08. The number of fused-ring (bicyclic) bond motifs is 1. The van der Waals surface area contributed by atoms with E-state index in [-0.39, 0.29) is 5.78 Å². The van der Waals surface area contributed by atoms with Crippen LogP contribution in [0.1, 0.15) is 54.6 Å². The molecule has 2 aromatic rings. The number of carbonyl (C=O) groups is 1. The molecule has 3 rings (SSSR count). The second-order valence-electron chi connectivity index (χ2n) is 5.38. The van der Waals surface area contributed by atoms with Crippen LogP contribution in [-0.4, -0.2) is 12.4 Å². The van der Waals surface area contributed by atoms with E-state index in [9.17, 15) is 4.79 Å². The largest absolute Gasteiger partial charge is 0.493 e. The van der Waals surface area contributed by atoms with Crippen LogP contribution in [-0.2, 0) is 6.42 Å². The predicted octanol–water partition coefficient (Wildman–Crippen LogP) is 5.02. The number of benzene rings is 2. The third kappa shape index (κ3) is 3.76. The van der Waals surface area contributed by atoms with Gasteiger partial charge in [0.25, 0.3) is 0 Å². The zero-order valence-corrected chi connectivity index (χ0v) is 13.6. The maximum absolute atomic E-state index is 12.2. The van der Waals surface area contributed by atoms with Crippen molar-refractivity contribution in [2.75, 3.05) is 6.61 Å². The minimum Gasteiger partial charge on any atom is -0.493 e. The molecule has 2 nitrogen and oxygen atoms in total. The average Bonchev–Trinajstić information content (AvgIpc) is 2.58. The number of carbonyl (C=O) groups excluding carboxylic acids is 1. The lowest BCUT2D eigenvalue weighted by Crippen LogP contribution is -2.13. The summed E-state index contributed by atoms with van der Waals surface area (Å²) < 4.78 is 5.65. The van der Waals surface area contributed by atoms with Gasteiger partial charge in [-0.1, -0.05) is 63.2 Å². The molecular weight excluding hydrogens is 272 g/mol. The topological polar surface area (TPSA) is 26.3 Å². The van der Waals surface area contributed by atoms with Crippen LogP contribution in [0.3, 0.4) is 0 Å². The van der Waals surface area contributed by atoms with Gasteiger partial charge in [-0.05, 0) is 29.5 Å². The molecule has 0 aliphatic carbocycles. The Morgan fingerprint density at radius 2 is 1.86 bits per heavy atom. The van der Waals surface area contributed by atoms with Gasteiger partial charge in [0, 0.05) is 12.0 Å². The Morgan fingerprint density at radius 1 is 1.14 bits per heavy atom. The molecule has 2 aromatic carbocycles. The number of ether oxygens (including phenoxy) is 1.